The minimum absolute atomic E-state index is 0.0749. The molecule has 8 nitrogen and oxygen atoms in total. The van der Waals surface area contributed by atoms with Gasteiger partial charge in [0, 0.05) is 12.6 Å². The zero-order valence-corrected chi connectivity index (χ0v) is 24.0. The van der Waals surface area contributed by atoms with Crippen LogP contribution in [0.3, 0.4) is 0 Å². The monoisotopic (exact) mass is 591 g/mol. The molecule has 0 unspecified atom stereocenters. The van der Waals surface area contributed by atoms with Crippen molar-refractivity contribution < 1.29 is 35.9 Å². The van der Waals surface area contributed by atoms with E-state index in [4.69, 9.17) is 16.3 Å². The van der Waals surface area contributed by atoms with Crippen LogP contribution >= 0.6 is 11.6 Å². The lowest BCUT2D eigenvalue weighted by Crippen LogP contribution is -2.53. The van der Waals surface area contributed by atoms with E-state index in [1.165, 1.54) is 12.0 Å². The minimum Gasteiger partial charge on any atom is -0.497 e. The molecule has 0 saturated carbocycles. The van der Waals surface area contributed by atoms with Gasteiger partial charge in [0.05, 0.1) is 29.6 Å². The molecule has 2 aromatic rings. The Bertz CT molecular complexity index is 1270. The van der Waals surface area contributed by atoms with Crippen LogP contribution < -0.4 is 14.4 Å². The summed E-state index contributed by atoms with van der Waals surface area (Å²) < 4.78 is 71.6. The summed E-state index contributed by atoms with van der Waals surface area (Å²) in [6, 6.07) is 8.22. The van der Waals surface area contributed by atoms with Crippen molar-refractivity contribution in [3.05, 3.63) is 58.6 Å². The zero-order valence-electron chi connectivity index (χ0n) is 22.4. The molecule has 0 aliphatic carbocycles. The predicted molar refractivity (Wildman–Crippen MR) is 144 cm³/mol. The van der Waals surface area contributed by atoms with Crippen LogP contribution in [0.2, 0.25) is 5.02 Å². The Morgan fingerprint density at radius 2 is 1.77 bits per heavy atom. The largest absolute Gasteiger partial charge is 0.497 e. The Labute approximate surface area is 232 Å². The number of methoxy groups -OCH3 is 1. The summed E-state index contributed by atoms with van der Waals surface area (Å²) in [5.41, 5.74) is -1.02. The number of hydrogen-bond donors (Lipinski definition) is 1. The van der Waals surface area contributed by atoms with Crippen LogP contribution in [0.1, 0.15) is 44.7 Å². The molecule has 2 atom stereocenters. The van der Waals surface area contributed by atoms with Crippen molar-refractivity contribution in [1.82, 2.24) is 10.2 Å². The van der Waals surface area contributed by atoms with E-state index in [0.29, 0.717) is 28.1 Å². The van der Waals surface area contributed by atoms with Crippen LogP contribution in [0.15, 0.2) is 42.5 Å². The van der Waals surface area contributed by atoms with Crippen molar-refractivity contribution in [2.24, 2.45) is 0 Å². The number of sulfonamides is 1. The third-order valence-electron chi connectivity index (χ3n) is 6.10. The topological polar surface area (TPSA) is 96.0 Å². The SMILES string of the molecule is CC[C@@H](C)NC(=O)[C@@H](CC)N(Cc1cccc(OC)c1)C(=O)CN(c1ccc(Cl)c(C(F)(F)F)c1)S(C)(=O)=O. The predicted octanol–water partition coefficient (Wildman–Crippen LogP) is 4.86. The first-order valence-electron chi connectivity index (χ1n) is 12.2. The maximum atomic E-state index is 13.7. The maximum Gasteiger partial charge on any atom is 0.417 e. The van der Waals surface area contributed by atoms with Crippen molar-refractivity contribution in [1.29, 1.82) is 0 Å². The molecule has 216 valence electrons. The lowest BCUT2D eigenvalue weighted by Gasteiger charge is -2.33. The summed E-state index contributed by atoms with van der Waals surface area (Å²) in [6.45, 7) is 4.48. The number of ether oxygens (including phenoxy) is 1. The zero-order chi connectivity index (χ0) is 29.5. The number of carbonyl (C=O) groups excluding carboxylic acids is 2. The molecule has 0 saturated heterocycles. The number of hydrogen-bond acceptors (Lipinski definition) is 5. The van der Waals surface area contributed by atoms with Crippen molar-refractivity contribution >= 4 is 39.1 Å². The second-order valence-corrected chi connectivity index (χ2v) is 11.4. The van der Waals surface area contributed by atoms with Crippen LogP contribution in [-0.4, -0.2) is 57.1 Å². The number of nitrogens with one attached hydrogen (secondary N) is 1. The molecule has 0 bridgehead atoms. The second kappa shape index (κ2) is 13.4. The highest BCUT2D eigenvalue weighted by Crippen LogP contribution is 2.37. The molecule has 0 radical (unpaired) electrons. The van der Waals surface area contributed by atoms with Gasteiger partial charge in [-0.25, -0.2) is 8.42 Å². The fourth-order valence-corrected chi connectivity index (χ4v) is 4.89. The van der Waals surface area contributed by atoms with E-state index in [1.54, 1.807) is 31.2 Å². The molecule has 2 rings (SSSR count). The summed E-state index contributed by atoms with van der Waals surface area (Å²) >= 11 is 5.70. The van der Waals surface area contributed by atoms with Crippen molar-refractivity contribution in [2.75, 3.05) is 24.2 Å². The number of carbonyl (C=O) groups is 2. The van der Waals surface area contributed by atoms with Gasteiger partial charge in [-0.1, -0.05) is 37.6 Å². The molecular formula is C26H33ClF3N3O5S. The first-order chi connectivity index (χ1) is 18.1. The van der Waals surface area contributed by atoms with Gasteiger partial charge in [0.2, 0.25) is 21.8 Å². The Balaban J connectivity index is 2.54. The number of amides is 2. The highest BCUT2D eigenvalue weighted by atomic mass is 35.5. The first-order valence-corrected chi connectivity index (χ1v) is 14.4. The van der Waals surface area contributed by atoms with Gasteiger partial charge in [-0.15, -0.1) is 0 Å². The Hall–Kier alpha value is -2.99. The van der Waals surface area contributed by atoms with Gasteiger partial charge in [0.25, 0.3) is 0 Å². The van der Waals surface area contributed by atoms with Crippen molar-refractivity contribution in [3.63, 3.8) is 0 Å². The average molecular weight is 592 g/mol. The fourth-order valence-electron chi connectivity index (χ4n) is 3.83. The lowest BCUT2D eigenvalue weighted by atomic mass is 10.1. The van der Waals surface area contributed by atoms with E-state index in [1.807, 2.05) is 13.8 Å². The van der Waals surface area contributed by atoms with Gasteiger partial charge in [-0.3, -0.25) is 13.9 Å². The number of alkyl halides is 3. The third-order valence-corrected chi connectivity index (χ3v) is 7.57. The van der Waals surface area contributed by atoms with Gasteiger partial charge in [-0.2, -0.15) is 13.2 Å². The molecule has 0 fully saturated rings. The number of benzene rings is 2. The molecule has 0 spiro atoms. The van der Waals surface area contributed by atoms with E-state index in [9.17, 15) is 31.2 Å². The van der Waals surface area contributed by atoms with Crippen LogP contribution in [0, 0.1) is 0 Å². The van der Waals surface area contributed by atoms with Gasteiger partial charge < -0.3 is 15.0 Å². The Morgan fingerprint density at radius 1 is 1.10 bits per heavy atom. The van der Waals surface area contributed by atoms with Crippen molar-refractivity contribution in [2.45, 2.75) is 58.4 Å². The summed E-state index contributed by atoms with van der Waals surface area (Å²) in [5.74, 6) is -0.701. The molecule has 0 aromatic heterocycles. The van der Waals surface area contributed by atoms with E-state index in [0.717, 1.165) is 18.4 Å². The summed E-state index contributed by atoms with van der Waals surface area (Å²) in [4.78, 5) is 28.1. The summed E-state index contributed by atoms with van der Waals surface area (Å²) in [7, 11) is -2.75. The van der Waals surface area contributed by atoms with Gasteiger partial charge in [0.15, 0.2) is 0 Å². The quantitative estimate of drug-likeness (QED) is 0.380. The molecule has 13 heteroatoms. The standard InChI is InChI=1S/C26H33ClF3N3O5S/c1-6-17(3)31-25(35)23(7-2)32(15-18-9-8-10-20(13-18)38-4)24(34)16-33(39(5,36)37)19-11-12-22(27)21(14-19)26(28,29)30/h8-14,17,23H,6-7,15-16H2,1-5H3,(H,31,35)/t17-,23-/m1/s1. The van der Waals surface area contributed by atoms with Crippen LogP contribution in [0.4, 0.5) is 18.9 Å². The maximum absolute atomic E-state index is 13.7. The van der Waals surface area contributed by atoms with Crippen LogP contribution in [0.25, 0.3) is 0 Å². The normalized spacial score (nSPS) is 13.4. The number of rotatable bonds is 12. The van der Waals surface area contributed by atoms with E-state index in [2.05, 4.69) is 5.32 Å². The molecule has 39 heavy (non-hydrogen) atoms. The Kier molecular flexibility index (Phi) is 11.1. The van der Waals surface area contributed by atoms with Crippen LogP contribution in [-0.2, 0) is 32.3 Å². The summed E-state index contributed by atoms with van der Waals surface area (Å²) in [6.07, 6.45) is -3.22. The van der Waals surface area contributed by atoms with E-state index >= 15 is 0 Å². The highest BCUT2D eigenvalue weighted by molar-refractivity contribution is 7.92. The number of anilines is 1. The third kappa shape index (κ3) is 8.76. The lowest BCUT2D eigenvalue weighted by molar-refractivity contribution is -0.140. The van der Waals surface area contributed by atoms with Crippen LogP contribution in [0.5, 0.6) is 5.75 Å². The molecule has 2 aromatic carbocycles. The number of halogens is 4. The van der Waals surface area contributed by atoms with Gasteiger partial charge in [-0.05, 0) is 55.7 Å². The molecular weight excluding hydrogens is 559 g/mol. The van der Waals surface area contributed by atoms with Gasteiger partial charge in [0.1, 0.15) is 18.3 Å². The second-order valence-electron chi connectivity index (χ2n) is 9.05. The summed E-state index contributed by atoms with van der Waals surface area (Å²) in [5, 5.41) is 2.23. The van der Waals surface area contributed by atoms with E-state index in [-0.39, 0.29) is 24.7 Å². The molecule has 2 amide bonds. The molecule has 0 aliphatic rings. The van der Waals surface area contributed by atoms with Gasteiger partial charge >= 0.3 is 6.18 Å². The number of nitrogens with zero attached hydrogens (tertiary/aromatic N) is 2. The fraction of sp³-hybridized carbons (Fsp3) is 0.462. The minimum atomic E-state index is -4.85. The molecule has 0 aliphatic heterocycles. The highest BCUT2D eigenvalue weighted by Gasteiger charge is 2.36. The average Bonchev–Trinajstić information content (AvgIpc) is 2.86. The Morgan fingerprint density at radius 3 is 2.31 bits per heavy atom. The first kappa shape index (κ1) is 32.2. The van der Waals surface area contributed by atoms with Crippen molar-refractivity contribution in [3.8, 4) is 5.75 Å². The smallest absolute Gasteiger partial charge is 0.417 e. The molecule has 0 heterocycles. The molecule has 1 N–H and O–H groups in total. The van der Waals surface area contributed by atoms with E-state index < -0.39 is 51.2 Å².